The normalized spacial score (nSPS) is 18.3. The fourth-order valence-corrected chi connectivity index (χ4v) is 2.12. The molecule has 0 aromatic carbocycles. The predicted molar refractivity (Wildman–Crippen MR) is 61.9 cm³/mol. The number of hydrogen-bond acceptors (Lipinski definition) is 4. The zero-order valence-corrected chi connectivity index (χ0v) is 9.15. The topological polar surface area (TPSA) is 41.0 Å². The molecule has 0 unspecified atom stereocenters. The quantitative estimate of drug-likeness (QED) is 0.748. The van der Waals surface area contributed by atoms with Crippen LogP contribution in [0.3, 0.4) is 0 Å². The van der Waals surface area contributed by atoms with Crippen LogP contribution in [0.5, 0.6) is 0 Å². The highest BCUT2D eigenvalue weighted by Gasteiger charge is 2.25. The summed E-state index contributed by atoms with van der Waals surface area (Å²) in [5.41, 5.74) is 4.00. The third kappa shape index (κ3) is 1.39. The van der Waals surface area contributed by atoms with Gasteiger partial charge in [-0.1, -0.05) is 0 Å². The van der Waals surface area contributed by atoms with Crippen molar-refractivity contribution >= 4 is 17.3 Å². The number of allylic oxidation sites excluding steroid dienone is 2. The van der Waals surface area contributed by atoms with Gasteiger partial charge in [0.25, 0.3) is 0 Å². The van der Waals surface area contributed by atoms with Crippen LogP contribution in [0, 0.1) is 0 Å². The molecular formula is C11H9ClN4. The Morgan fingerprint density at radius 2 is 2.38 bits per heavy atom. The Morgan fingerprint density at radius 3 is 3.19 bits per heavy atom. The number of halogens is 1. The molecule has 2 aliphatic heterocycles. The van der Waals surface area contributed by atoms with E-state index in [1.54, 1.807) is 16.9 Å². The first-order valence-electron chi connectivity index (χ1n) is 4.93. The molecule has 4 nitrogen and oxygen atoms in total. The van der Waals surface area contributed by atoms with Crippen LogP contribution in [-0.2, 0) is 0 Å². The van der Waals surface area contributed by atoms with Gasteiger partial charge in [-0.15, -0.1) is 0 Å². The van der Waals surface area contributed by atoms with Crippen LogP contribution < -0.4 is 5.32 Å². The summed E-state index contributed by atoms with van der Waals surface area (Å²) < 4.78 is 1.59. The van der Waals surface area contributed by atoms with E-state index in [0.29, 0.717) is 0 Å². The smallest absolute Gasteiger partial charge is 0.116 e. The minimum atomic E-state index is 0.739. The fourth-order valence-electron chi connectivity index (χ4n) is 1.87. The average molecular weight is 233 g/mol. The molecule has 2 aliphatic rings. The molecule has 0 fully saturated rings. The predicted octanol–water partition coefficient (Wildman–Crippen LogP) is 1.66. The summed E-state index contributed by atoms with van der Waals surface area (Å²) in [5, 5.41) is 3.29. The molecule has 0 aliphatic carbocycles. The van der Waals surface area contributed by atoms with Gasteiger partial charge in [0, 0.05) is 36.3 Å². The maximum atomic E-state index is 6.13. The molecule has 0 saturated heterocycles. The van der Waals surface area contributed by atoms with Crippen LogP contribution in [0.15, 0.2) is 48.3 Å². The van der Waals surface area contributed by atoms with Crippen molar-refractivity contribution in [1.29, 1.82) is 0 Å². The van der Waals surface area contributed by atoms with Gasteiger partial charge in [0.2, 0.25) is 0 Å². The van der Waals surface area contributed by atoms with Crippen molar-refractivity contribution in [3.63, 3.8) is 0 Å². The Labute approximate surface area is 98.1 Å². The molecule has 3 rings (SSSR count). The van der Waals surface area contributed by atoms with Crippen LogP contribution in [0.4, 0.5) is 0 Å². The van der Waals surface area contributed by atoms with Gasteiger partial charge < -0.3 is 5.32 Å². The zero-order chi connectivity index (χ0) is 11.0. The highest BCUT2D eigenvalue weighted by molar-refractivity contribution is 6.16. The first-order chi connectivity index (χ1) is 7.86. The van der Waals surface area contributed by atoms with E-state index in [9.17, 15) is 0 Å². The lowest BCUT2D eigenvalue weighted by atomic mass is 10.1. The minimum Gasteiger partial charge on any atom is -0.379 e. The molecule has 5 heteroatoms. The molecule has 16 heavy (non-hydrogen) atoms. The maximum Gasteiger partial charge on any atom is 0.116 e. The van der Waals surface area contributed by atoms with E-state index in [-0.39, 0.29) is 0 Å². The molecule has 1 aromatic rings. The van der Waals surface area contributed by atoms with Crippen LogP contribution >= 0.6 is 11.8 Å². The maximum absolute atomic E-state index is 6.13. The van der Waals surface area contributed by atoms with Gasteiger partial charge in [-0.3, -0.25) is 4.42 Å². The van der Waals surface area contributed by atoms with Crippen molar-refractivity contribution in [3.8, 4) is 0 Å². The largest absolute Gasteiger partial charge is 0.379 e. The van der Waals surface area contributed by atoms with Crippen molar-refractivity contribution in [2.45, 2.75) is 0 Å². The lowest BCUT2D eigenvalue weighted by molar-refractivity contribution is 0.745. The number of hydrogen-bond donors (Lipinski definition) is 1. The lowest BCUT2D eigenvalue weighted by Gasteiger charge is -2.17. The Balaban J connectivity index is 2.12. The Morgan fingerprint density at radius 1 is 1.44 bits per heavy atom. The molecule has 3 heterocycles. The summed E-state index contributed by atoms with van der Waals surface area (Å²) in [7, 11) is 0. The highest BCUT2D eigenvalue weighted by Crippen LogP contribution is 2.32. The van der Waals surface area contributed by atoms with Gasteiger partial charge in [0.05, 0.1) is 17.1 Å². The van der Waals surface area contributed by atoms with Crippen molar-refractivity contribution in [2.75, 3.05) is 6.54 Å². The summed E-state index contributed by atoms with van der Waals surface area (Å²) >= 11 is 6.13. The number of nitrogens with zero attached hydrogens (tertiary/aromatic N) is 3. The van der Waals surface area contributed by atoms with Crippen molar-refractivity contribution in [3.05, 3.63) is 54.0 Å². The summed E-state index contributed by atoms with van der Waals surface area (Å²) in [5.74, 6) is 0. The van der Waals surface area contributed by atoms with Gasteiger partial charge >= 0.3 is 0 Å². The molecule has 80 valence electrons. The standard InChI is InChI=1S/C11H9ClN4/c12-16-5-1-2-10-11(16)8(6-14-10)9-3-4-13-7-15-9/h1-5,7,14H,6H2. The number of fused-ring (bicyclic) bond motifs is 1. The van der Waals surface area contributed by atoms with Gasteiger partial charge in [-0.25, -0.2) is 9.97 Å². The highest BCUT2D eigenvalue weighted by atomic mass is 35.5. The van der Waals surface area contributed by atoms with Crippen molar-refractivity contribution < 1.29 is 0 Å². The number of rotatable bonds is 1. The van der Waals surface area contributed by atoms with Gasteiger partial charge in [0.1, 0.15) is 6.33 Å². The summed E-state index contributed by atoms with van der Waals surface area (Å²) in [6, 6.07) is 1.88. The third-order valence-electron chi connectivity index (χ3n) is 2.58. The van der Waals surface area contributed by atoms with E-state index in [0.717, 1.165) is 29.2 Å². The molecule has 0 atom stereocenters. The first-order valence-corrected chi connectivity index (χ1v) is 5.27. The molecule has 1 N–H and O–H groups in total. The molecule has 0 radical (unpaired) electrons. The molecular weight excluding hydrogens is 224 g/mol. The van der Waals surface area contributed by atoms with E-state index < -0.39 is 0 Å². The molecule has 0 bridgehead atoms. The van der Waals surface area contributed by atoms with E-state index in [1.807, 2.05) is 24.4 Å². The number of nitrogens with one attached hydrogen (secondary N) is 1. The third-order valence-corrected chi connectivity index (χ3v) is 2.86. The van der Waals surface area contributed by atoms with E-state index in [4.69, 9.17) is 11.8 Å². The lowest BCUT2D eigenvalue weighted by Crippen LogP contribution is -2.13. The summed E-state index contributed by atoms with van der Waals surface area (Å²) in [4.78, 5) is 8.15. The van der Waals surface area contributed by atoms with Crippen LogP contribution in [0.2, 0.25) is 0 Å². The average Bonchev–Trinajstić information content (AvgIpc) is 2.75. The van der Waals surface area contributed by atoms with Crippen molar-refractivity contribution in [2.24, 2.45) is 0 Å². The monoisotopic (exact) mass is 232 g/mol. The molecule has 1 aromatic heterocycles. The minimum absolute atomic E-state index is 0.739. The number of aromatic nitrogens is 2. The Hall–Kier alpha value is -1.81. The van der Waals surface area contributed by atoms with Crippen LogP contribution in [0.25, 0.3) is 5.57 Å². The second-order valence-corrected chi connectivity index (χ2v) is 3.87. The van der Waals surface area contributed by atoms with E-state index in [1.165, 1.54) is 0 Å². The molecule has 0 spiro atoms. The van der Waals surface area contributed by atoms with E-state index >= 15 is 0 Å². The first kappa shape index (κ1) is 9.42. The SMILES string of the molecule is ClN1C=CC=C2NCC(c3ccncn3)=C21. The van der Waals surface area contributed by atoms with E-state index in [2.05, 4.69) is 15.3 Å². The van der Waals surface area contributed by atoms with Crippen LogP contribution in [-0.4, -0.2) is 20.9 Å². The van der Waals surface area contributed by atoms with Gasteiger partial charge in [-0.05, 0) is 18.2 Å². The Kier molecular flexibility index (Phi) is 2.15. The fraction of sp³-hybridized carbons (Fsp3) is 0.0909. The summed E-state index contributed by atoms with van der Waals surface area (Å²) in [6.45, 7) is 0.739. The molecule has 0 saturated carbocycles. The van der Waals surface area contributed by atoms with Gasteiger partial charge in [0.15, 0.2) is 0 Å². The zero-order valence-electron chi connectivity index (χ0n) is 8.39. The van der Waals surface area contributed by atoms with Crippen molar-refractivity contribution in [1.82, 2.24) is 19.7 Å². The second kappa shape index (κ2) is 3.64. The van der Waals surface area contributed by atoms with Crippen LogP contribution in [0.1, 0.15) is 5.69 Å². The Bertz CT molecular complexity index is 504. The van der Waals surface area contributed by atoms with Gasteiger partial charge in [-0.2, -0.15) is 0 Å². The summed E-state index contributed by atoms with van der Waals surface area (Å²) in [6.07, 6.45) is 9.00. The second-order valence-electron chi connectivity index (χ2n) is 3.51. The molecule has 0 amide bonds.